The SMILES string of the molecule is C=CCc1cc(/C=C2/SC(=O)N(c3ccc(Cl)cc3)C2=O)cc(OC)c1OCc1ccccc1. The summed E-state index contributed by atoms with van der Waals surface area (Å²) in [6.07, 6.45) is 4.02. The summed E-state index contributed by atoms with van der Waals surface area (Å²) in [6.45, 7) is 4.23. The molecular weight excluding hydrogens is 470 g/mol. The van der Waals surface area contributed by atoms with E-state index >= 15 is 0 Å². The van der Waals surface area contributed by atoms with Crippen LogP contribution in [0.25, 0.3) is 6.08 Å². The molecule has 1 fully saturated rings. The third-order valence-corrected chi connectivity index (χ3v) is 6.26. The number of allylic oxidation sites excluding steroid dienone is 1. The number of hydrogen-bond donors (Lipinski definition) is 0. The molecule has 0 spiro atoms. The molecule has 1 heterocycles. The molecule has 3 aromatic carbocycles. The summed E-state index contributed by atoms with van der Waals surface area (Å²) in [7, 11) is 1.57. The Labute approximate surface area is 207 Å². The van der Waals surface area contributed by atoms with Crippen molar-refractivity contribution in [3.05, 3.63) is 106 Å². The van der Waals surface area contributed by atoms with Crippen molar-refractivity contribution in [3.63, 3.8) is 0 Å². The van der Waals surface area contributed by atoms with Gasteiger partial charge in [-0.25, -0.2) is 4.90 Å². The number of carbonyl (C=O) groups is 2. The Morgan fingerprint density at radius 1 is 1.06 bits per heavy atom. The second-order valence-electron chi connectivity index (χ2n) is 7.47. The zero-order valence-corrected chi connectivity index (χ0v) is 20.1. The maximum Gasteiger partial charge on any atom is 0.298 e. The van der Waals surface area contributed by atoms with Crippen molar-refractivity contribution in [2.24, 2.45) is 0 Å². The molecular formula is C27H22ClNO4S. The van der Waals surface area contributed by atoms with Crippen LogP contribution >= 0.6 is 23.4 Å². The highest BCUT2D eigenvalue weighted by molar-refractivity contribution is 8.19. The van der Waals surface area contributed by atoms with Crippen LogP contribution in [0.5, 0.6) is 11.5 Å². The Morgan fingerprint density at radius 2 is 1.79 bits per heavy atom. The van der Waals surface area contributed by atoms with E-state index in [1.165, 1.54) is 0 Å². The maximum absolute atomic E-state index is 13.0. The molecule has 3 aromatic rings. The molecule has 0 bridgehead atoms. The largest absolute Gasteiger partial charge is 0.493 e. The summed E-state index contributed by atoms with van der Waals surface area (Å²) in [4.78, 5) is 27.1. The molecule has 1 aliphatic rings. The van der Waals surface area contributed by atoms with E-state index in [9.17, 15) is 9.59 Å². The van der Waals surface area contributed by atoms with Gasteiger partial charge in [-0.15, -0.1) is 6.58 Å². The average molecular weight is 492 g/mol. The van der Waals surface area contributed by atoms with Crippen LogP contribution in [0.4, 0.5) is 10.5 Å². The quantitative estimate of drug-likeness (QED) is 0.253. The van der Waals surface area contributed by atoms with Crippen LogP contribution in [-0.4, -0.2) is 18.3 Å². The van der Waals surface area contributed by atoms with Crippen LogP contribution in [0.15, 0.2) is 84.3 Å². The van der Waals surface area contributed by atoms with E-state index in [2.05, 4.69) is 6.58 Å². The number of thioether (sulfide) groups is 1. The smallest absolute Gasteiger partial charge is 0.298 e. The molecule has 0 N–H and O–H groups in total. The topological polar surface area (TPSA) is 55.8 Å². The van der Waals surface area contributed by atoms with Crippen LogP contribution in [0.3, 0.4) is 0 Å². The van der Waals surface area contributed by atoms with Crippen LogP contribution < -0.4 is 14.4 Å². The van der Waals surface area contributed by atoms with Gasteiger partial charge in [-0.3, -0.25) is 9.59 Å². The highest BCUT2D eigenvalue weighted by Gasteiger charge is 2.36. The second kappa shape index (κ2) is 10.6. The van der Waals surface area contributed by atoms with Gasteiger partial charge in [0.25, 0.3) is 11.1 Å². The van der Waals surface area contributed by atoms with E-state index in [1.54, 1.807) is 49.6 Å². The van der Waals surface area contributed by atoms with Gasteiger partial charge in [-0.2, -0.15) is 0 Å². The third kappa shape index (κ3) is 5.19. The predicted molar refractivity (Wildman–Crippen MR) is 138 cm³/mol. The number of methoxy groups -OCH3 is 1. The molecule has 0 radical (unpaired) electrons. The lowest BCUT2D eigenvalue weighted by Crippen LogP contribution is -2.27. The zero-order chi connectivity index (χ0) is 24.1. The van der Waals surface area contributed by atoms with Crippen molar-refractivity contribution < 1.29 is 19.1 Å². The zero-order valence-electron chi connectivity index (χ0n) is 18.5. The van der Waals surface area contributed by atoms with Gasteiger partial charge in [0.2, 0.25) is 0 Å². The third-order valence-electron chi connectivity index (χ3n) is 5.14. The van der Waals surface area contributed by atoms with Gasteiger partial charge >= 0.3 is 0 Å². The van der Waals surface area contributed by atoms with E-state index in [-0.39, 0.29) is 11.1 Å². The van der Waals surface area contributed by atoms with E-state index in [0.29, 0.717) is 40.1 Å². The fourth-order valence-corrected chi connectivity index (χ4v) is 4.52. The fraction of sp³-hybridized carbons (Fsp3) is 0.111. The highest BCUT2D eigenvalue weighted by atomic mass is 35.5. The van der Waals surface area contributed by atoms with Gasteiger partial charge in [0.1, 0.15) is 6.61 Å². The Kier molecular flexibility index (Phi) is 7.40. The highest BCUT2D eigenvalue weighted by Crippen LogP contribution is 2.39. The number of rotatable bonds is 8. The monoisotopic (exact) mass is 491 g/mol. The molecule has 0 saturated carbocycles. The molecule has 0 unspecified atom stereocenters. The van der Waals surface area contributed by atoms with Crippen molar-refractivity contribution >= 4 is 46.3 Å². The summed E-state index contributed by atoms with van der Waals surface area (Å²) >= 11 is 6.83. The summed E-state index contributed by atoms with van der Waals surface area (Å²) in [5, 5.41) is 0.169. The van der Waals surface area contributed by atoms with E-state index in [4.69, 9.17) is 21.1 Å². The molecule has 34 heavy (non-hydrogen) atoms. The van der Waals surface area contributed by atoms with Crippen molar-refractivity contribution in [1.82, 2.24) is 0 Å². The molecule has 5 nitrogen and oxygen atoms in total. The summed E-state index contributed by atoms with van der Waals surface area (Å²) in [5.74, 6) is 0.780. The lowest BCUT2D eigenvalue weighted by molar-refractivity contribution is -0.113. The summed E-state index contributed by atoms with van der Waals surface area (Å²) in [5.41, 5.74) is 3.11. The Balaban J connectivity index is 1.64. The molecule has 1 saturated heterocycles. The lowest BCUT2D eigenvalue weighted by Gasteiger charge is -2.16. The first-order valence-corrected chi connectivity index (χ1v) is 11.7. The Hall–Kier alpha value is -3.48. The van der Waals surface area contributed by atoms with Crippen molar-refractivity contribution in [1.29, 1.82) is 0 Å². The van der Waals surface area contributed by atoms with Crippen molar-refractivity contribution in [3.8, 4) is 11.5 Å². The number of amides is 2. The number of ether oxygens (including phenoxy) is 2. The normalized spacial score (nSPS) is 14.5. The number of nitrogens with zero attached hydrogens (tertiary/aromatic N) is 1. The van der Waals surface area contributed by atoms with Crippen molar-refractivity contribution in [2.75, 3.05) is 12.0 Å². The average Bonchev–Trinajstić information content (AvgIpc) is 3.12. The molecule has 4 rings (SSSR count). The number of imide groups is 1. The van der Waals surface area contributed by atoms with Gasteiger partial charge in [0.05, 0.1) is 17.7 Å². The number of benzene rings is 3. The second-order valence-corrected chi connectivity index (χ2v) is 8.90. The number of halogens is 1. The van der Waals surface area contributed by atoms with Crippen LogP contribution in [0, 0.1) is 0 Å². The Morgan fingerprint density at radius 3 is 2.47 bits per heavy atom. The van der Waals surface area contributed by atoms with Gasteiger partial charge in [-0.1, -0.05) is 48.0 Å². The fourth-order valence-electron chi connectivity index (χ4n) is 3.55. The molecule has 2 amide bonds. The molecule has 1 aliphatic heterocycles. The van der Waals surface area contributed by atoms with Crippen LogP contribution in [0.1, 0.15) is 16.7 Å². The lowest BCUT2D eigenvalue weighted by atomic mass is 10.0. The molecule has 172 valence electrons. The van der Waals surface area contributed by atoms with Gasteiger partial charge in [-0.05, 0) is 71.8 Å². The maximum atomic E-state index is 13.0. The van der Waals surface area contributed by atoms with Crippen LogP contribution in [0.2, 0.25) is 5.02 Å². The molecule has 0 aromatic heterocycles. The van der Waals surface area contributed by atoms with Gasteiger partial charge < -0.3 is 9.47 Å². The first kappa shape index (κ1) is 23.7. The number of hydrogen-bond acceptors (Lipinski definition) is 5. The minimum Gasteiger partial charge on any atom is -0.493 e. The van der Waals surface area contributed by atoms with Gasteiger partial charge in [0, 0.05) is 10.6 Å². The first-order chi connectivity index (χ1) is 16.5. The van der Waals surface area contributed by atoms with Crippen LogP contribution in [-0.2, 0) is 17.8 Å². The molecule has 0 atom stereocenters. The minimum atomic E-state index is -0.383. The van der Waals surface area contributed by atoms with Gasteiger partial charge in [0.15, 0.2) is 11.5 Å². The minimum absolute atomic E-state index is 0.324. The van der Waals surface area contributed by atoms with E-state index in [0.717, 1.165) is 33.4 Å². The predicted octanol–water partition coefficient (Wildman–Crippen LogP) is 6.90. The summed E-state index contributed by atoms with van der Waals surface area (Å²) < 4.78 is 11.7. The van der Waals surface area contributed by atoms with E-state index in [1.807, 2.05) is 36.4 Å². The van der Waals surface area contributed by atoms with Crippen molar-refractivity contribution in [2.45, 2.75) is 13.0 Å². The summed E-state index contributed by atoms with van der Waals surface area (Å²) in [6, 6.07) is 20.1. The standard InChI is InChI=1S/C27H22ClNO4S/c1-3-7-20-14-19(15-23(32-2)25(20)33-17-18-8-5-4-6-9-18)16-24-26(30)29(27(31)34-24)22-12-10-21(28)11-13-22/h3-6,8-16H,1,7,17H2,2H3/b24-16+. The van der Waals surface area contributed by atoms with E-state index < -0.39 is 0 Å². The number of anilines is 1. The first-order valence-electron chi connectivity index (χ1n) is 10.5. The molecule has 7 heteroatoms. The Bertz CT molecular complexity index is 1260. The number of carbonyl (C=O) groups excluding carboxylic acids is 2. The molecule has 0 aliphatic carbocycles.